The maximum Gasteiger partial charge on any atom is 0.244 e. The average Bonchev–Trinajstić information content (AvgIpc) is 3.32. The van der Waals surface area contributed by atoms with E-state index in [0.29, 0.717) is 25.1 Å². The van der Waals surface area contributed by atoms with E-state index in [4.69, 9.17) is 0 Å². The molecule has 0 unspecified atom stereocenters. The molecule has 0 bridgehead atoms. The van der Waals surface area contributed by atoms with Crippen LogP contribution in [0.25, 0.3) is 0 Å². The lowest BCUT2D eigenvalue weighted by Crippen LogP contribution is -2.54. The third-order valence-corrected chi connectivity index (χ3v) is 7.68. The van der Waals surface area contributed by atoms with Gasteiger partial charge in [-0.2, -0.15) is 0 Å². The van der Waals surface area contributed by atoms with Gasteiger partial charge in [0.1, 0.15) is 12.6 Å². The SMILES string of the molecule is CC[C@H](C(=O)NC1CCCC1)N(CCc1ccccc1)C(=O)CN(c1cccc(C)c1)S(C)(=O)=O. The van der Waals surface area contributed by atoms with Crippen molar-refractivity contribution in [2.75, 3.05) is 23.7 Å². The first-order valence-electron chi connectivity index (χ1n) is 12.4. The van der Waals surface area contributed by atoms with Crippen LogP contribution < -0.4 is 9.62 Å². The van der Waals surface area contributed by atoms with E-state index in [9.17, 15) is 18.0 Å². The standard InChI is InChI=1S/C27H37N3O4S/c1-4-25(27(32)28-23-14-8-9-15-23)29(18-17-22-12-6-5-7-13-22)26(31)20-30(35(3,33)34)24-16-10-11-21(2)19-24/h5-7,10-13,16,19,23,25H,4,8-9,14-15,17-18,20H2,1-3H3,(H,28,32)/t25-/m1/s1. The Morgan fingerprint density at radius 1 is 1.06 bits per heavy atom. The van der Waals surface area contributed by atoms with Crippen LogP contribution in [-0.2, 0) is 26.0 Å². The zero-order chi connectivity index (χ0) is 25.4. The number of hydrogen-bond donors (Lipinski definition) is 1. The van der Waals surface area contributed by atoms with Crippen LogP contribution in [0, 0.1) is 6.92 Å². The second kappa shape index (κ2) is 12.2. The van der Waals surface area contributed by atoms with Crippen LogP contribution in [0.2, 0.25) is 0 Å². The van der Waals surface area contributed by atoms with Gasteiger partial charge in [0.05, 0.1) is 11.9 Å². The number of amides is 2. The van der Waals surface area contributed by atoms with E-state index in [-0.39, 0.29) is 24.4 Å². The van der Waals surface area contributed by atoms with E-state index in [1.165, 1.54) is 0 Å². The van der Waals surface area contributed by atoms with Crippen LogP contribution >= 0.6 is 0 Å². The number of sulfonamides is 1. The lowest BCUT2D eigenvalue weighted by Gasteiger charge is -2.33. The summed E-state index contributed by atoms with van der Waals surface area (Å²) in [7, 11) is -3.72. The van der Waals surface area contributed by atoms with Gasteiger partial charge in [-0.15, -0.1) is 0 Å². The van der Waals surface area contributed by atoms with Gasteiger partial charge in [0.15, 0.2) is 0 Å². The number of carbonyl (C=O) groups excluding carboxylic acids is 2. The van der Waals surface area contributed by atoms with Gasteiger partial charge >= 0.3 is 0 Å². The number of nitrogens with one attached hydrogen (secondary N) is 1. The number of hydrogen-bond acceptors (Lipinski definition) is 4. The fourth-order valence-electron chi connectivity index (χ4n) is 4.66. The molecule has 0 heterocycles. The molecule has 1 saturated carbocycles. The molecule has 1 aliphatic carbocycles. The molecule has 1 fully saturated rings. The van der Waals surface area contributed by atoms with Gasteiger partial charge in [0, 0.05) is 12.6 Å². The summed E-state index contributed by atoms with van der Waals surface area (Å²) in [6.07, 6.45) is 6.22. The summed E-state index contributed by atoms with van der Waals surface area (Å²) in [5.41, 5.74) is 2.38. The molecule has 2 aromatic rings. The van der Waals surface area contributed by atoms with Crippen molar-refractivity contribution in [3.05, 3.63) is 65.7 Å². The van der Waals surface area contributed by atoms with E-state index in [2.05, 4.69) is 5.32 Å². The molecule has 0 spiro atoms. The molecule has 2 amide bonds. The summed E-state index contributed by atoms with van der Waals surface area (Å²) in [6, 6.07) is 16.3. The minimum Gasteiger partial charge on any atom is -0.352 e. The smallest absolute Gasteiger partial charge is 0.244 e. The molecule has 1 aliphatic rings. The summed E-state index contributed by atoms with van der Waals surface area (Å²) in [5.74, 6) is -0.552. The molecular formula is C27H37N3O4S. The molecule has 0 aromatic heterocycles. The lowest BCUT2D eigenvalue weighted by molar-refractivity contribution is -0.139. The van der Waals surface area contributed by atoms with E-state index in [1.807, 2.05) is 50.2 Å². The quantitative estimate of drug-likeness (QED) is 0.511. The molecule has 0 saturated heterocycles. The Kier molecular flexibility index (Phi) is 9.32. The number of carbonyl (C=O) groups is 2. The number of rotatable bonds is 11. The normalized spacial score (nSPS) is 14.9. The van der Waals surface area contributed by atoms with Crippen molar-refractivity contribution in [2.24, 2.45) is 0 Å². The lowest BCUT2D eigenvalue weighted by atomic mass is 10.1. The molecule has 190 valence electrons. The highest BCUT2D eigenvalue weighted by Crippen LogP contribution is 2.21. The monoisotopic (exact) mass is 499 g/mol. The Hall–Kier alpha value is -2.87. The highest BCUT2D eigenvalue weighted by molar-refractivity contribution is 7.92. The zero-order valence-electron chi connectivity index (χ0n) is 20.9. The van der Waals surface area contributed by atoms with Gasteiger partial charge < -0.3 is 10.2 Å². The first-order valence-corrected chi connectivity index (χ1v) is 14.2. The van der Waals surface area contributed by atoms with Crippen molar-refractivity contribution >= 4 is 27.5 Å². The first-order chi connectivity index (χ1) is 16.7. The van der Waals surface area contributed by atoms with Gasteiger partial charge in [-0.05, 0) is 55.9 Å². The summed E-state index contributed by atoms with van der Waals surface area (Å²) in [4.78, 5) is 28.5. The highest BCUT2D eigenvalue weighted by Gasteiger charge is 2.32. The van der Waals surface area contributed by atoms with E-state index >= 15 is 0 Å². The maximum absolute atomic E-state index is 13.7. The molecule has 0 aliphatic heterocycles. The highest BCUT2D eigenvalue weighted by atomic mass is 32.2. The Morgan fingerprint density at radius 3 is 2.34 bits per heavy atom. The van der Waals surface area contributed by atoms with Gasteiger partial charge in [0.25, 0.3) is 0 Å². The Morgan fingerprint density at radius 2 is 1.74 bits per heavy atom. The van der Waals surface area contributed by atoms with Crippen LogP contribution in [0.5, 0.6) is 0 Å². The Bertz CT molecular complexity index is 1100. The third-order valence-electron chi connectivity index (χ3n) is 6.54. The van der Waals surface area contributed by atoms with Gasteiger partial charge in [-0.25, -0.2) is 8.42 Å². The summed E-state index contributed by atoms with van der Waals surface area (Å²) < 4.78 is 26.4. The fraction of sp³-hybridized carbons (Fsp3) is 0.481. The molecule has 8 heteroatoms. The predicted octanol–water partition coefficient (Wildman–Crippen LogP) is 3.67. The molecule has 7 nitrogen and oxygen atoms in total. The number of benzene rings is 2. The average molecular weight is 500 g/mol. The van der Waals surface area contributed by atoms with Crippen molar-refractivity contribution in [3.63, 3.8) is 0 Å². The fourth-order valence-corrected chi connectivity index (χ4v) is 5.50. The number of nitrogens with zero attached hydrogens (tertiary/aromatic N) is 2. The van der Waals surface area contributed by atoms with E-state index in [0.717, 1.165) is 47.4 Å². The van der Waals surface area contributed by atoms with Gasteiger partial charge in [-0.3, -0.25) is 13.9 Å². The van der Waals surface area contributed by atoms with Gasteiger partial charge in [0.2, 0.25) is 21.8 Å². The van der Waals surface area contributed by atoms with Crippen LogP contribution in [0.15, 0.2) is 54.6 Å². The maximum atomic E-state index is 13.7. The first kappa shape index (κ1) is 26.7. The van der Waals surface area contributed by atoms with Crippen LogP contribution in [0.4, 0.5) is 5.69 Å². The zero-order valence-corrected chi connectivity index (χ0v) is 21.8. The van der Waals surface area contributed by atoms with Crippen molar-refractivity contribution < 1.29 is 18.0 Å². The van der Waals surface area contributed by atoms with Crippen molar-refractivity contribution in [1.82, 2.24) is 10.2 Å². The van der Waals surface area contributed by atoms with Crippen molar-refractivity contribution in [3.8, 4) is 0 Å². The summed E-state index contributed by atoms with van der Waals surface area (Å²) >= 11 is 0. The third kappa shape index (κ3) is 7.56. The molecular weight excluding hydrogens is 462 g/mol. The Labute approximate surface area is 209 Å². The van der Waals surface area contributed by atoms with Crippen molar-refractivity contribution in [1.29, 1.82) is 0 Å². The van der Waals surface area contributed by atoms with Gasteiger partial charge in [-0.1, -0.05) is 62.2 Å². The molecule has 1 atom stereocenters. The number of aryl methyl sites for hydroxylation is 1. The summed E-state index contributed by atoms with van der Waals surface area (Å²) in [5, 5.41) is 3.12. The minimum absolute atomic E-state index is 0.141. The van der Waals surface area contributed by atoms with Crippen LogP contribution in [0.1, 0.15) is 50.2 Å². The van der Waals surface area contributed by atoms with E-state index < -0.39 is 16.1 Å². The van der Waals surface area contributed by atoms with E-state index in [1.54, 1.807) is 23.1 Å². The van der Waals surface area contributed by atoms with Crippen molar-refractivity contribution in [2.45, 2.75) is 64.5 Å². The molecule has 3 rings (SSSR count). The molecule has 35 heavy (non-hydrogen) atoms. The second-order valence-electron chi connectivity index (χ2n) is 9.35. The second-order valence-corrected chi connectivity index (χ2v) is 11.3. The largest absolute Gasteiger partial charge is 0.352 e. The van der Waals surface area contributed by atoms with Crippen LogP contribution in [-0.4, -0.2) is 56.6 Å². The Balaban J connectivity index is 1.86. The number of anilines is 1. The predicted molar refractivity (Wildman–Crippen MR) is 140 cm³/mol. The molecule has 2 aromatic carbocycles. The summed E-state index contributed by atoms with van der Waals surface area (Å²) in [6.45, 7) is 3.73. The molecule has 1 N–H and O–H groups in total. The topological polar surface area (TPSA) is 86.8 Å². The minimum atomic E-state index is -3.72. The van der Waals surface area contributed by atoms with Crippen LogP contribution in [0.3, 0.4) is 0 Å². The molecule has 0 radical (unpaired) electrons.